The lowest BCUT2D eigenvalue weighted by Gasteiger charge is -2.17. The molecule has 1 atom stereocenters. The van der Waals surface area contributed by atoms with Crippen molar-refractivity contribution in [3.8, 4) is 0 Å². The Morgan fingerprint density at radius 3 is 2.82 bits per heavy atom. The van der Waals surface area contributed by atoms with Gasteiger partial charge in [-0.3, -0.25) is 9.67 Å². The maximum absolute atomic E-state index is 4.44. The van der Waals surface area contributed by atoms with Gasteiger partial charge in [0, 0.05) is 18.9 Å². The Balaban J connectivity index is 2.40. The lowest BCUT2D eigenvalue weighted by Crippen LogP contribution is -2.22. The second-order valence-electron chi connectivity index (χ2n) is 4.05. The van der Waals surface area contributed by atoms with E-state index in [2.05, 4.69) is 35.3 Å². The van der Waals surface area contributed by atoms with Crippen LogP contribution >= 0.6 is 0 Å². The Morgan fingerprint density at radius 1 is 1.35 bits per heavy atom. The van der Waals surface area contributed by atoms with Crippen LogP contribution in [0.3, 0.4) is 0 Å². The van der Waals surface area contributed by atoms with Crippen molar-refractivity contribution in [2.24, 2.45) is 0 Å². The van der Waals surface area contributed by atoms with Crippen LogP contribution in [-0.4, -0.2) is 21.8 Å². The quantitative estimate of drug-likeness (QED) is 0.872. The fourth-order valence-corrected chi connectivity index (χ4v) is 2.02. The molecule has 1 unspecified atom stereocenters. The molecule has 0 aliphatic carbocycles. The average Bonchev–Trinajstić information content (AvgIpc) is 2.78. The molecule has 4 heteroatoms. The fourth-order valence-electron chi connectivity index (χ4n) is 2.02. The molecule has 0 bridgehead atoms. The summed E-state index contributed by atoms with van der Waals surface area (Å²) < 4.78 is 1.99. The lowest BCUT2D eigenvalue weighted by atomic mass is 10.1. The van der Waals surface area contributed by atoms with Crippen LogP contribution in [0.1, 0.15) is 29.9 Å². The van der Waals surface area contributed by atoms with E-state index in [9.17, 15) is 0 Å². The zero-order chi connectivity index (χ0) is 12.3. The SMILES string of the molecule is CCn1nccc1C(NC)c1cc(C)ccn1. The van der Waals surface area contributed by atoms with E-state index in [-0.39, 0.29) is 6.04 Å². The molecule has 0 amide bonds. The van der Waals surface area contributed by atoms with E-state index in [0.29, 0.717) is 0 Å². The molecular weight excluding hydrogens is 212 g/mol. The van der Waals surface area contributed by atoms with E-state index in [1.165, 1.54) is 5.56 Å². The van der Waals surface area contributed by atoms with Crippen LogP contribution in [0.2, 0.25) is 0 Å². The zero-order valence-corrected chi connectivity index (χ0v) is 10.5. The molecule has 0 aliphatic heterocycles. The van der Waals surface area contributed by atoms with Crippen molar-refractivity contribution >= 4 is 0 Å². The normalized spacial score (nSPS) is 12.6. The minimum absolute atomic E-state index is 0.0948. The number of hydrogen-bond donors (Lipinski definition) is 1. The monoisotopic (exact) mass is 230 g/mol. The number of nitrogens with zero attached hydrogens (tertiary/aromatic N) is 3. The first kappa shape index (κ1) is 11.8. The molecule has 1 N–H and O–H groups in total. The van der Waals surface area contributed by atoms with Gasteiger partial charge >= 0.3 is 0 Å². The zero-order valence-electron chi connectivity index (χ0n) is 10.5. The smallest absolute Gasteiger partial charge is 0.0919 e. The highest BCUT2D eigenvalue weighted by atomic mass is 15.3. The average molecular weight is 230 g/mol. The van der Waals surface area contributed by atoms with Crippen molar-refractivity contribution in [1.82, 2.24) is 20.1 Å². The Bertz CT molecular complexity index is 490. The molecule has 2 heterocycles. The van der Waals surface area contributed by atoms with Crippen LogP contribution in [0.4, 0.5) is 0 Å². The highest BCUT2D eigenvalue weighted by molar-refractivity contribution is 5.24. The number of hydrogen-bond acceptors (Lipinski definition) is 3. The van der Waals surface area contributed by atoms with E-state index in [0.717, 1.165) is 17.9 Å². The van der Waals surface area contributed by atoms with Crippen LogP contribution in [0.25, 0.3) is 0 Å². The van der Waals surface area contributed by atoms with Crippen molar-refractivity contribution in [2.45, 2.75) is 26.4 Å². The molecule has 0 spiro atoms. The highest BCUT2D eigenvalue weighted by Crippen LogP contribution is 2.20. The molecule has 2 rings (SSSR count). The Morgan fingerprint density at radius 2 is 2.18 bits per heavy atom. The van der Waals surface area contributed by atoms with Crippen LogP contribution in [0.15, 0.2) is 30.6 Å². The topological polar surface area (TPSA) is 42.7 Å². The molecule has 4 nitrogen and oxygen atoms in total. The van der Waals surface area contributed by atoms with E-state index < -0.39 is 0 Å². The molecule has 0 radical (unpaired) electrons. The first-order valence-electron chi connectivity index (χ1n) is 5.87. The van der Waals surface area contributed by atoms with E-state index in [4.69, 9.17) is 0 Å². The summed E-state index contributed by atoms with van der Waals surface area (Å²) in [6.45, 7) is 5.04. The minimum atomic E-state index is 0.0948. The van der Waals surface area contributed by atoms with Gasteiger partial charge in [-0.1, -0.05) is 0 Å². The molecule has 17 heavy (non-hydrogen) atoms. The predicted molar refractivity (Wildman–Crippen MR) is 67.8 cm³/mol. The van der Waals surface area contributed by atoms with Crippen LogP contribution in [-0.2, 0) is 6.54 Å². The van der Waals surface area contributed by atoms with E-state index in [1.807, 2.05) is 36.3 Å². The number of aromatic nitrogens is 3. The van der Waals surface area contributed by atoms with Gasteiger partial charge in [-0.25, -0.2) is 0 Å². The largest absolute Gasteiger partial charge is 0.307 e. The van der Waals surface area contributed by atoms with E-state index >= 15 is 0 Å². The Kier molecular flexibility index (Phi) is 3.54. The number of rotatable bonds is 4. The van der Waals surface area contributed by atoms with Gasteiger partial charge in [0.2, 0.25) is 0 Å². The van der Waals surface area contributed by atoms with Gasteiger partial charge in [0.15, 0.2) is 0 Å². The number of pyridine rings is 1. The van der Waals surface area contributed by atoms with Gasteiger partial charge in [0.25, 0.3) is 0 Å². The minimum Gasteiger partial charge on any atom is -0.307 e. The summed E-state index contributed by atoms with van der Waals surface area (Å²) >= 11 is 0. The van der Waals surface area contributed by atoms with Crippen molar-refractivity contribution in [2.75, 3.05) is 7.05 Å². The number of nitrogens with one attached hydrogen (secondary N) is 1. The molecule has 0 fully saturated rings. The maximum Gasteiger partial charge on any atom is 0.0919 e. The maximum atomic E-state index is 4.44. The summed E-state index contributed by atoms with van der Waals surface area (Å²) in [4.78, 5) is 4.44. The molecule has 2 aromatic heterocycles. The number of aryl methyl sites for hydroxylation is 2. The summed E-state index contributed by atoms with van der Waals surface area (Å²) in [5.41, 5.74) is 3.40. The van der Waals surface area contributed by atoms with Gasteiger partial charge in [0.05, 0.1) is 17.4 Å². The van der Waals surface area contributed by atoms with Gasteiger partial charge in [-0.2, -0.15) is 5.10 Å². The molecule has 2 aromatic rings. The molecular formula is C13H18N4. The van der Waals surface area contributed by atoms with E-state index in [1.54, 1.807) is 0 Å². The molecule has 0 aliphatic rings. The third kappa shape index (κ3) is 2.36. The van der Waals surface area contributed by atoms with Crippen LogP contribution in [0, 0.1) is 6.92 Å². The van der Waals surface area contributed by atoms with Gasteiger partial charge in [-0.05, 0) is 44.7 Å². The van der Waals surface area contributed by atoms with Crippen molar-refractivity contribution < 1.29 is 0 Å². The first-order valence-corrected chi connectivity index (χ1v) is 5.87. The predicted octanol–water partition coefficient (Wildman–Crippen LogP) is 1.92. The van der Waals surface area contributed by atoms with Gasteiger partial charge in [-0.15, -0.1) is 0 Å². The second-order valence-corrected chi connectivity index (χ2v) is 4.05. The molecule has 0 aromatic carbocycles. The summed E-state index contributed by atoms with van der Waals surface area (Å²) in [6, 6.07) is 6.24. The van der Waals surface area contributed by atoms with Gasteiger partial charge < -0.3 is 5.32 Å². The first-order chi connectivity index (χ1) is 8.26. The molecule has 0 saturated carbocycles. The highest BCUT2D eigenvalue weighted by Gasteiger charge is 2.17. The molecule has 90 valence electrons. The third-order valence-corrected chi connectivity index (χ3v) is 2.87. The van der Waals surface area contributed by atoms with Crippen molar-refractivity contribution in [3.05, 3.63) is 47.5 Å². The standard InChI is InChI=1S/C13H18N4/c1-4-17-12(6-8-16-17)13(14-3)11-9-10(2)5-7-15-11/h5-9,13-14H,4H2,1-3H3. The summed E-state index contributed by atoms with van der Waals surface area (Å²) in [7, 11) is 1.95. The molecule has 0 saturated heterocycles. The Hall–Kier alpha value is -1.68. The summed E-state index contributed by atoms with van der Waals surface area (Å²) in [5, 5.41) is 7.60. The summed E-state index contributed by atoms with van der Waals surface area (Å²) in [5.74, 6) is 0. The van der Waals surface area contributed by atoms with Crippen LogP contribution in [0.5, 0.6) is 0 Å². The van der Waals surface area contributed by atoms with Crippen molar-refractivity contribution in [1.29, 1.82) is 0 Å². The van der Waals surface area contributed by atoms with Gasteiger partial charge in [0.1, 0.15) is 0 Å². The Labute approximate surface area is 102 Å². The van der Waals surface area contributed by atoms with Crippen molar-refractivity contribution in [3.63, 3.8) is 0 Å². The third-order valence-electron chi connectivity index (χ3n) is 2.87. The van der Waals surface area contributed by atoms with Crippen LogP contribution < -0.4 is 5.32 Å². The summed E-state index contributed by atoms with van der Waals surface area (Å²) in [6.07, 6.45) is 3.68. The second kappa shape index (κ2) is 5.10. The lowest BCUT2D eigenvalue weighted by molar-refractivity contribution is 0.555. The fraction of sp³-hybridized carbons (Fsp3) is 0.385.